The summed E-state index contributed by atoms with van der Waals surface area (Å²) in [4.78, 5) is 24.6. The van der Waals surface area contributed by atoms with E-state index in [4.69, 9.17) is 0 Å². The average molecular weight is 319 g/mol. The Kier molecular flexibility index (Phi) is 3.94. The summed E-state index contributed by atoms with van der Waals surface area (Å²) in [5, 5.41) is 12.5. The molecule has 3 rings (SSSR count). The molecule has 0 radical (unpaired) electrons. The van der Waals surface area contributed by atoms with Crippen LogP contribution in [0.4, 0.5) is 9.39 Å². The first-order chi connectivity index (χ1) is 10.5. The third-order valence-corrected chi connectivity index (χ3v) is 4.87. The number of benzene rings is 1. The van der Waals surface area contributed by atoms with Crippen molar-refractivity contribution in [2.45, 2.75) is 25.7 Å². The highest BCUT2D eigenvalue weighted by Crippen LogP contribution is 2.39. The molecular weight excluding hydrogens is 305 g/mol. The number of fused-ring (bicyclic) bond motifs is 1. The number of anilines is 1. The van der Waals surface area contributed by atoms with Gasteiger partial charge in [-0.15, -0.1) is 11.3 Å². The highest BCUT2D eigenvalue weighted by molar-refractivity contribution is 7.17. The van der Waals surface area contributed by atoms with Gasteiger partial charge in [-0.05, 0) is 42.5 Å². The molecule has 0 spiro atoms. The number of hydrogen-bond acceptors (Lipinski definition) is 3. The van der Waals surface area contributed by atoms with Crippen LogP contribution in [0.1, 0.15) is 32.8 Å². The highest BCUT2D eigenvalue weighted by Gasteiger charge is 2.27. The van der Waals surface area contributed by atoms with Crippen molar-refractivity contribution in [1.82, 2.24) is 0 Å². The van der Waals surface area contributed by atoms with Gasteiger partial charge in [0.05, 0.1) is 12.0 Å². The van der Waals surface area contributed by atoms with Crippen molar-refractivity contribution in [2.24, 2.45) is 0 Å². The van der Waals surface area contributed by atoms with Gasteiger partial charge < -0.3 is 10.4 Å². The van der Waals surface area contributed by atoms with E-state index in [1.54, 1.807) is 12.1 Å². The predicted molar refractivity (Wildman–Crippen MR) is 82.0 cm³/mol. The van der Waals surface area contributed by atoms with Crippen LogP contribution in [0.15, 0.2) is 24.3 Å². The Morgan fingerprint density at radius 3 is 2.64 bits per heavy atom. The number of thiophene rings is 1. The van der Waals surface area contributed by atoms with E-state index < -0.39 is 5.97 Å². The minimum Gasteiger partial charge on any atom is -0.478 e. The SMILES string of the molecule is O=C(Cc1ccc(F)cc1)Nc1sc2c(c1C(=O)O)CCC2. The maximum absolute atomic E-state index is 12.8. The van der Waals surface area contributed by atoms with Crippen molar-refractivity contribution in [3.8, 4) is 0 Å². The smallest absolute Gasteiger partial charge is 0.339 e. The number of carboxylic acid groups (broad SMARTS) is 1. The first-order valence-electron chi connectivity index (χ1n) is 6.96. The zero-order valence-electron chi connectivity index (χ0n) is 11.7. The third-order valence-electron chi connectivity index (χ3n) is 3.67. The minimum atomic E-state index is -1.00. The van der Waals surface area contributed by atoms with Gasteiger partial charge in [0.2, 0.25) is 5.91 Å². The van der Waals surface area contributed by atoms with Crippen LogP contribution in [0.2, 0.25) is 0 Å². The average Bonchev–Trinajstić information content (AvgIpc) is 3.01. The van der Waals surface area contributed by atoms with Crippen molar-refractivity contribution in [3.63, 3.8) is 0 Å². The summed E-state index contributed by atoms with van der Waals surface area (Å²) in [5.41, 5.74) is 1.76. The van der Waals surface area contributed by atoms with Crippen LogP contribution in [-0.2, 0) is 24.1 Å². The maximum atomic E-state index is 12.8. The first kappa shape index (κ1) is 14.7. The fourth-order valence-electron chi connectivity index (χ4n) is 2.68. The van der Waals surface area contributed by atoms with Crippen molar-refractivity contribution in [1.29, 1.82) is 0 Å². The van der Waals surface area contributed by atoms with Crippen molar-refractivity contribution in [2.75, 3.05) is 5.32 Å². The Balaban J connectivity index is 1.77. The molecule has 1 aliphatic carbocycles. The van der Waals surface area contributed by atoms with E-state index >= 15 is 0 Å². The Labute approximate surface area is 130 Å². The highest BCUT2D eigenvalue weighted by atomic mass is 32.1. The van der Waals surface area contributed by atoms with E-state index in [-0.39, 0.29) is 23.7 Å². The van der Waals surface area contributed by atoms with Crippen LogP contribution in [0, 0.1) is 5.82 Å². The Morgan fingerprint density at radius 2 is 1.95 bits per heavy atom. The molecule has 0 atom stereocenters. The van der Waals surface area contributed by atoms with Gasteiger partial charge >= 0.3 is 5.97 Å². The molecule has 0 saturated heterocycles. The lowest BCUT2D eigenvalue weighted by Crippen LogP contribution is -2.16. The van der Waals surface area contributed by atoms with Crippen LogP contribution >= 0.6 is 11.3 Å². The van der Waals surface area contributed by atoms with Crippen LogP contribution < -0.4 is 5.32 Å². The molecule has 1 aromatic heterocycles. The Bertz CT molecular complexity index is 737. The number of hydrogen-bond donors (Lipinski definition) is 2. The van der Waals surface area contributed by atoms with E-state index in [0.717, 1.165) is 29.7 Å². The van der Waals surface area contributed by atoms with Gasteiger partial charge in [-0.1, -0.05) is 12.1 Å². The number of aromatic carboxylic acids is 1. The number of carbonyl (C=O) groups excluding carboxylic acids is 1. The number of carbonyl (C=O) groups is 2. The second-order valence-corrected chi connectivity index (χ2v) is 6.32. The Morgan fingerprint density at radius 1 is 1.23 bits per heavy atom. The second-order valence-electron chi connectivity index (χ2n) is 5.22. The van der Waals surface area contributed by atoms with Crippen molar-refractivity contribution in [3.05, 3.63) is 51.7 Å². The lowest BCUT2D eigenvalue weighted by atomic mass is 10.1. The molecule has 1 heterocycles. The first-order valence-corrected chi connectivity index (χ1v) is 7.78. The molecule has 2 N–H and O–H groups in total. The zero-order chi connectivity index (χ0) is 15.7. The monoisotopic (exact) mass is 319 g/mol. The van der Waals surface area contributed by atoms with Gasteiger partial charge in [0.15, 0.2) is 0 Å². The van der Waals surface area contributed by atoms with Crippen LogP contribution in [0.5, 0.6) is 0 Å². The summed E-state index contributed by atoms with van der Waals surface area (Å²) in [7, 11) is 0. The molecule has 6 heteroatoms. The summed E-state index contributed by atoms with van der Waals surface area (Å²) >= 11 is 1.35. The van der Waals surface area contributed by atoms with Crippen LogP contribution in [0.25, 0.3) is 0 Å². The van der Waals surface area contributed by atoms with Crippen LogP contribution in [-0.4, -0.2) is 17.0 Å². The second kappa shape index (κ2) is 5.88. The molecular formula is C16H14FNO3S. The normalized spacial score (nSPS) is 13.0. The van der Waals surface area contributed by atoms with Gasteiger partial charge in [-0.3, -0.25) is 4.79 Å². The summed E-state index contributed by atoms with van der Waals surface area (Å²) in [6, 6.07) is 5.68. The van der Waals surface area contributed by atoms with E-state index in [1.807, 2.05) is 0 Å². The van der Waals surface area contributed by atoms with E-state index in [1.165, 1.54) is 23.5 Å². The predicted octanol–water partition coefficient (Wildman–Crippen LogP) is 3.26. The van der Waals surface area contributed by atoms with E-state index in [2.05, 4.69) is 5.32 Å². The topological polar surface area (TPSA) is 66.4 Å². The van der Waals surface area contributed by atoms with E-state index in [0.29, 0.717) is 10.6 Å². The van der Waals surface area contributed by atoms with Gasteiger partial charge in [-0.2, -0.15) is 0 Å². The number of halogens is 1. The number of nitrogens with one attached hydrogen (secondary N) is 1. The molecule has 1 aromatic carbocycles. The van der Waals surface area contributed by atoms with E-state index in [9.17, 15) is 19.1 Å². The van der Waals surface area contributed by atoms with Gasteiger partial charge in [0.25, 0.3) is 0 Å². The zero-order valence-corrected chi connectivity index (χ0v) is 12.5. The molecule has 1 amide bonds. The molecule has 114 valence electrons. The molecule has 0 fully saturated rings. The molecule has 0 aliphatic heterocycles. The molecule has 0 unspecified atom stereocenters. The molecule has 22 heavy (non-hydrogen) atoms. The standard InChI is InChI=1S/C16H14FNO3S/c17-10-6-4-9(5-7-10)8-13(19)18-15-14(16(20)21)11-2-1-3-12(11)22-15/h4-7H,1-3,8H2,(H,18,19)(H,20,21). The minimum absolute atomic E-state index is 0.0852. The summed E-state index contributed by atoms with van der Waals surface area (Å²) in [6.45, 7) is 0. The lowest BCUT2D eigenvalue weighted by molar-refractivity contribution is -0.115. The summed E-state index contributed by atoms with van der Waals surface area (Å²) < 4.78 is 12.8. The number of rotatable bonds is 4. The number of carboxylic acids is 1. The van der Waals surface area contributed by atoms with Crippen LogP contribution in [0.3, 0.4) is 0 Å². The largest absolute Gasteiger partial charge is 0.478 e. The fourth-order valence-corrected chi connectivity index (χ4v) is 3.97. The van der Waals surface area contributed by atoms with Gasteiger partial charge in [-0.25, -0.2) is 9.18 Å². The summed E-state index contributed by atoms with van der Waals surface area (Å²) in [5.74, 6) is -1.66. The molecule has 2 aromatic rings. The van der Waals surface area contributed by atoms with Gasteiger partial charge in [0.1, 0.15) is 10.8 Å². The molecule has 0 saturated carbocycles. The molecule has 0 bridgehead atoms. The fraction of sp³-hybridized carbons (Fsp3) is 0.250. The molecule has 1 aliphatic rings. The van der Waals surface area contributed by atoms with Crippen molar-refractivity contribution < 1.29 is 19.1 Å². The Hall–Kier alpha value is -2.21. The number of amides is 1. The number of aryl methyl sites for hydroxylation is 1. The van der Waals surface area contributed by atoms with Gasteiger partial charge in [0, 0.05) is 4.88 Å². The summed E-state index contributed by atoms with van der Waals surface area (Å²) in [6.07, 6.45) is 2.67. The lowest BCUT2D eigenvalue weighted by Gasteiger charge is -2.05. The third kappa shape index (κ3) is 2.87. The van der Waals surface area contributed by atoms with Crippen molar-refractivity contribution >= 4 is 28.2 Å². The maximum Gasteiger partial charge on any atom is 0.339 e. The quantitative estimate of drug-likeness (QED) is 0.909. The molecule has 4 nitrogen and oxygen atoms in total.